The molecule has 0 unspecified atom stereocenters. The van der Waals surface area contributed by atoms with Gasteiger partial charge in [-0.1, -0.05) is 30.3 Å². The van der Waals surface area contributed by atoms with E-state index in [0.29, 0.717) is 24.3 Å². The maximum absolute atomic E-state index is 12.9. The number of benzene rings is 1. The Morgan fingerprint density at radius 2 is 1.80 bits per heavy atom. The topological polar surface area (TPSA) is 79.2 Å². The van der Waals surface area contributed by atoms with Gasteiger partial charge < -0.3 is 15.6 Å². The Balaban J connectivity index is 0.00000225. The van der Waals surface area contributed by atoms with E-state index in [1.165, 1.54) is 6.92 Å². The lowest BCUT2D eigenvalue weighted by Gasteiger charge is -2.16. The van der Waals surface area contributed by atoms with Gasteiger partial charge in [-0.25, -0.2) is 0 Å². The average molecular weight is 362 g/mol. The van der Waals surface area contributed by atoms with Gasteiger partial charge in [0.05, 0.1) is 0 Å². The van der Waals surface area contributed by atoms with Gasteiger partial charge in [0.15, 0.2) is 5.78 Å². The molecule has 5 nitrogen and oxygen atoms in total. The first-order chi connectivity index (χ1) is 11.4. The highest BCUT2D eigenvalue weighted by Crippen LogP contribution is 2.28. The van der Waals surface area contributed by atoms with E-state index in [2.05, 4.69) is 17.1 Å². The number of H-pyrrole nitrogens is 1. The third-order valence-corrected chi connectivity index (χ3v) is 4.88. The molecule has 1 aromatic heterocycles. The number of amides is 1. The van der Waals surface area contributed by atoms with Gasteiger partial charge in [-0.2, -0.15) is 0 Å². The number of aromatic amines is 1. The fraction of sp³-hybridized carbons (Fsp3) is 0.368. The molecule has 2 aromatic rings. The van der Waals surface area contributed by atoms with Crippen LogP contribution >= 0.6 is 12.4 Å². The molecule has 1 aliphatic heterocycles. The maximum Gasteiger partial charge on any atom is 0.270 e. The Hall–Kier alpha value is -2.11. The second kappa shape index (κ2) is 7.42. The van der Waals surface area contributed by atoms with Crippen molar-refractivity contribution in [3.63, 3.8) is 0 Å². The molecule has 0 spiro atoms. The van der Waals surface area contributed by atoms with E-state index in [1.807, 2.05) is 32.0 Å². The molecule has 0 bridgehead atoms. The first-order valence-electron chi connectivity index (χ1n) is 8.20. The van der Waals surface area contributed by atoms with E-state index >= 15 is 0 Å². The number of carbonyl (C=O) groups is 2. The van der Waals surface area contributed by atoms with Crippen LogP contribution in [0.2, 0.25) is 0 Å². The number of carbonyl (C=O) groups excluding carboxylic acids is 2. The Morgan fingerprint density at radius 1 is 1.16 bits per heavy atom. The van der Waals surface area contributed by atoms with Crippen LogP contribution in [0.1, 0.15) is 50.5 Å². The number of nitrogens with two attached hydrogens (primary N) is 1. The molecule has 1 fully saturated rings. The van der Waals surface area contributed by atoms with Crippen LogP contribution in [-0.4, -0.2) is 40.7 Å². The minimum absolute atomic E-state index is 0. The number of aromatic nitrogens is 1. The van der Waals surface area contributed by atoms with Crippen LogP contribution in [0.4, 0.5) is 0 Å². The molecule has 0 radical (unpaired) electrons. The molecule has 0 aliphatic carbocycles. The minimum atomic E-state index is -0.0861. The fourth-order valence-electron chi connectivity index (χ4n) is 3.70. The van der Waals surface area contributed by atoms with Crippen LogP contribution in [-0.2, 0) is 0 Å². The SMILES string of the molecule is CC(=O)c1c(C)[nH]c(C(=O)N2C[C@@H](N)[C@H](c3ccccc3)C2)c1C.Cl. The van der Waals surface area contributed by atoms with E-state index < -0.39 is 0 Å². The maximum atomic E-state index is 12.9. The molecule has 25 heavy (non-hydrogen) atoms. The van der Waals surface area contributed by atoms with Crippen molar-refractivity contribution in [3.8, 4) is 0 Å². The molecule has 2 heterocycles. The van der Waals surface area contributed by atoms with Crippen LogP contribution < -0.4 is 5.73 Å². The van der Waals surface area contributed by atoms with E-state index in [0.717, 1.165) is 16.8 Å². The van der Waals surface area contributed by atoms with Gasteiger partial charge in [0, 0.05) is 36.3 Å². The van der Waals surface area contributed by atoms with Crippen molar-refractivity contribution >= 4 is 24.1 Å². The summed E-state index contributed by atoms with van der Waals surface area (Å²) >= 11 is 0. The van der Waals surface area contributed by atoms with Crippen molar-refractivity contribution < 1.29 is 9.59 Å². The molecular formula is C19H24ClN3O2. The summed E-state index contributed by atoms with van der Waals surface area (Å²) in [5.41, 5.74) is 10.0. The summed E-state index contributed by atoms with van der Waals surface area (Å²) in [6.07, 6.45) is 0. The molecule has 2 atom stereocenters. The number of ketones is 1. The molecule has 1 amide bonds. The van der Waals surface area contributed by atoms with E-state index in [1.54, 1.807) is 4.90 Å². The monoisotopic (exact) mass is 361 g/mol. The molecular weight excluding hydrogens is 338 g/mol. The number of hydrogen-bond donors (Lipinski definition) is 2. The fourth-order valence-corrected chi connectivity index (χ4v) is 3.70. The molecule has 6 heteroatoms. The predicted molar refractivity (Wildman–Crippen MR) is 101 cm³/mol. The zero-order valence-corrected chi connectivity index (χ0v) is 15.5. The molecule has 1 saturated heterocycles. The van der Waals surface area contributed by atoms with Crippen molar-refractivity contribution in [2.75, 3.05) is 13.1 Å². The van der Waals surface area contributed by atoms with Crippen LogP contribution in [0, 0.1) is 13.8 Å². The number of halogens is 1. The Kier molecular flexibility index (Phi) is 5.70. The molecule has 1 aliphatic rings. The number of aryl methyl sites for hydroxylation is 1. The zero-order chi connectivity index (χ0) is 17.4. The third kappa shape index (κ3) is 3.48. The van der Waals surface area contributed by atoms with Gasteiger partial charge in [-0.3, -0.25) is 9.59 Å². The van der Waals surface area contributed by atoms with Crippen LogP contribution in [0.5, 0.6) is 0 Å². The summed E-state index contributed by atoms with van der Waals surface area (Å²) < 4.78 is 0. The predicted octanol–water partition coefficient (Wildman–Crippen LogP) is 2.82. The summed E-state index contributed by atoms with van der Waals surface area (Å²) in [4.78, 5) is 29.5. The number of hydrogen-bond acceptors (Lipinski definition) is 3. The van der Waals surface area contributed by atoms with E-state index in [9.17, 15) is 9.59 Å². The highest BCUT2D eigenvalue weighted by molar-refractivity contribution is 6.02. The second-order valence-corrected chi connectivity index (χ2v) is 6.57. The summed E-state index contributed by atoms with van der Waals surface area (Å²) in [6, 6.07) is 9.97. The third-order valence-electron chi connectivity index (χ3n) is 4.88. The number of nitrogens with zero attached hydrogens (tertiary/aromatic N) is 1. The zero-order valence-electron chi connectivity index (χ0n) is 14.7. The summed E-state index contributed by atoms with van der Waals surface area (Å²) in [7, 11) is 0. The van der Waals surface area contributed by atoms with Crippen molar-refractivity contribution in [1.82, 2.24) is 9.88 Å². The van der Waals surface area contributed by atoms with Crippen LogP contribution in [0.15, 0.2) is 30.3 Å². The van der Waals surface area contributed by atoms with Crippen LogP contribution in [0.3, 0.4) is 0 Å². The lowest BCUT2D eigenvalue weighted by molar-refractivity contribution is 0.0783. The second-order valence-electron chi connectivity index (χ2n) is 6.57. The number of nitrogens with one attached hydrogen (secondary N) is 1. The summed E-state index contributed by atoms with van der Waals surface area (Å²) in [5.74, 6) is 0.0244. The summed E-state index contributed by atoms with van der Waals surface area (Å²) in [6.45, 7) is 6.28. The lowest BCUT2D eigenvalue weighted by Crippen LogP contribution is -2.32. The van der Waals surface area contributed by atoms with Gasteiger partial charge in [0.1, 0.15) is 5.69 Å². The van der Waals surface area contributed by atoms with Crippen molar-refractivity contribution in [2.45, 2.75) is 32.7 Å². The normalized spacial score (nSPS) is 19.6. The Labute approximate surface area is 154 Å². The molecule has 134 valence electrons. The Morgan fingerprint density at radius 3 is 2.36 bits per heavy atom. The number of rotatable bonds is 3. The van der Waals surface area contributed by atoms with Gasteiger partial charge >= 0.3 is 0 Å². The molecule has 3 N–H and O–H groups in total. The van der Waals surface area contributed by atoms with Crippen molar-refractivity contribution in [1.29, 1.82) is 0 Å². The van der Waals surface area contributed by atoms with E-state index in [4.69, 9.17) is 5.73 Å². The largest absolute Gasteiger partial charge is 0.354 e. The molecule has 1 aromatic carbocycles. The van der Waals surface area contributed by atoms with Gasteiger partial charge in [0.25, 0.3) is 5.91 Å². The summed E-state index contributed by atoms with van der Waals surface area (Å²) in [5, 5.41) is 0. The highest BCUT2D eigenvalue weighted by Gasteiger charge is 2.35. The first-order valence-corrected chi connectivity index (χ1v) is 8.20. The Bertz CT molecular complexity index is 785. The minimum Gasteiger partial charge on any atom is -0.354 e. The molecule has 0 saturated carbocycles. The van der Waals surface area contributed by atoms with E-state index in [-0.39, 0.29) is 36.1 Å². The quantitative estimate of drug-likeness (QED) is 0.825. The van der Waals surface area contributed by atoms with Crippen molar-refractivity contribution in [3.05, 3.63) is 58.4 Å². The average Bonchev–Trinajstić information content (AvgIpc) is 3.07. The molecule has 3 rings (SSSR count). The smallest absolute Gasteiger partial charge is 0.270 e. The van der Waals surface area contributed by atoms with Crippen LogP contribution in [0.25, 0.3) is 0 Å². The number of likely N-dealkylation sites (tertiary alicyclic amines) is 1. The van der Waals surface area contributed by atoms with Gasteiger partial charge in [-0.05, 0) is 31.9 Å². The van der Waals surface area contributed by atoms with Crippen molar-refractivity contribution in [2.24, 2.45) is 5.73 Å². The van der Waals surface area contributed by atoms with Gasteiger partial charge in [-0.15, -0.1) is 12.4 Å². The number of Topliss-reactive ketones (excluding diaryl/α,β-unsaturated/α-hetero) is 1. The first kappa shape index (κ1) is 19.2. The van der Waals surface area contributed by atoms with Gasteiger partial charge in [0.2, 0.25) is 0 Å². The lowest BCUT2D eigenvalue weighted by atomic mass is 9.95. The highest BCUT2D eigenvalue weighted by atomic mass is 35.5. The standard InChI is InChI=1S/C19H23N3O2.ClH/c1-11-17(13(3)23)12(2)21-18(11)19(24)22-9-15(16(20)10-22)14-7-5-4-6-8-14;/h4-8,15-16,21H,9-10,20H2,1-3H3;1H/t15-,16+;/m0./s1.